The Balaban J connectivity index is 1.66. The Bertz CT molecular complexity index is 1020. The molecular weight excluding hydrogens is 408 g/mol. The maximum Gasteiger partial charge on any atom is 0.251 e. The minimum atomic E-state index is -0.242. The summed E-state index contributed by atoms with van der Waals surface area (Å²) < 4.78 is 1.60. The topological polar surface area (TPSA) is 141 Å². The maximum absolute atomic E-state index is 12.0. The Morgan fingerprint density at radius 2 is 2.20 bits per heavy atom. The lowest BCUT2D eigenvalue weighted by atomic mass is 10.1. The lowest BCUT2D eigenvalue weighted by molar-refractivity contribution is 0.0959. The summed E-state index contributed by atoms with van der Waals surface area (Å²) in [5.41, 5.74) is 2.06. The van der Waals surface area contributed by atoms with E-state index in [1.165, 1.54) is 6.20 Å². The number of halogens is 1. The standard InChI is InChI=1S/C19H21ClN8O2/c20-16-11-24-19(26-15-10-25-28(12-15)6-7-29)27-17(16)23-9-13-2-1-3-14(8-13)18(30)22-5-4-21/h1-4,8,10-12,21,29H,5-7,9H2,(H,22,30)(H2,23,24,26,27). The van der Waals surface area contributed by atoms with E-state index in [1.807, 2.05) is 6.07 Å². The van der Waals surface area contributed by atoms with Crippen LogP contribution in [0.15, 0.2) is 42.9 Å². The molecular formula is C19H21ClN8O2. The van der Waals surface area contributed by atoms with Crippen LogP contribution in [-0.2, 0) is 13.1 Å². The van der Waals surface area contributed by atoms with Crippen molar-refractivity contribution in [2.24, 2.45) is 0 Å². The summed E-state index contributed by atoms with van der Waals surface area (Å²) in [5, 5.41) is 29.2. The molecule has 0 aliphatic carbocycles. The Labute approximate surface area is 177 Å². The third kappa shape index (κ3) is 5.75. The number of carbonyl (C=O) groups excluding carboxylic acids is 1. The monoisotopic (exact) mass is 428 g/mol. The number of nitrogens with zero attached hydrogens (tertiary/aromatic N) is 4. The van der Waals surface area contributed by atoms with E-state index in [1.54, 1.807) is 35.3 Å². The molecule has 0 aliphatic rings. The van der Waals surface area contributed by atoms with Gasteiger partial charge in [-0.25, -0.2) is 4.98 Å². The zero-order valence-corrected chi connectivity index (χ0v) is 16.7. The largest absolute Gasteiger partial charge is 0.394 e. The molecule has 5 N–H and O–H groups in total. The first-order valence-electron chi connectivity index (χ1n) is 9.12. The molecule has 10 nitrogen and oxygen atoms in total. The Morgan fingerprint density at radius 3 is 3.00 bits per heavy atom. The molecule has 0 saturated carbocycles. The average molecular weight is 429 g/mol. The second-order valence-electron chi connectivity index (χ2n) is 6.20. The summed E-state index contributed by atoms with van der Waals surface area (Å²) in [5.74, 6) is 0.537. The molecule has 0 fully saturated rings. The summed E-state index contributed by atoms with van der Waals surface area (Å²) >= 11 is 6.20. The number of rotatable bonds is 10. The van der Waals surface area contributed by atoms with Crippen molar-refractivity contribution < 1.29 is 9.90 Å². The highest BCUT2D eigenvalue weighted by atomic mass is 35.5. The van der Waals surface area contributed by atoms with Crippen LogP contribution in [0.25, 0.3) is 0 Å². The smallest absolute Gasteiger partial charge is 0.251 e. The van der Waals surface area contributed by atoms with Crippen LogP contribution < -0.4 is 16.0 Å². The predicted molar refractivity (Wildman–Crippen MR) is 115 cm³/mol. The van der Waals surface area contributed by atoms with Crippen molar-refractivity contribution >= 4 is 41.2 Å². The summed E-state index contributed by atoms with van der Waals surface area (Å²) in [6, 6.07) is 7.13. The molecule has 156 valence electrons. The van der Waals surface area contributed by atoms with Gasteiger partial charge in [0.05, 0.1) is 37.8 Å². The Hall–Kier alpha value is -3.50. The van der Waals surface area contributed by atoms with Gasteiger partial charge in [0.2, 0.25) is 5.95 Å². The third-order valence-electron chi connectivity index (χ3n) is 3.98. The fraction of sp³-hybridized carbons (Fsp3) is 0.211. The van der Waals surface area contributed by atoms with Crippen LogP contribution in [0, 0.1) is 5.41 Å². The molecule has 3 rings (SSSR count). The quantitative estimate of drug-likeness (QED) is 0.311. The molecule has 1 amide bonds. The number of aliphatic hydroxyl groups is 1. The summed E-state index contributed by atoms with van der Waals surface area (Å²) in [6.45, 7) is 0.982. The molecule has 2 aromatic heterocycles. The van der Waals surface area contributed by atoms with Crippen molar-refractivity contribution in [1.29, 1.82) is 5.41 Å². The number of anilines is 3. The Morgan fingerprint density at radius 1 is 1.33 bits per heavy atom. The number of aromatic nitrogens is 4. The zero-order valence-electron chi connectivity index (χ0n) is 16.0. The highest BCUT2D eigenvalue weighted by molar-refractivity contribution is 6.32. The van der Waals surface area contributed by atoms with E-state index >= 15 is 0 Å². The molecule has 0 aliphatic heterocycles. The average Bonchev–Trinajstić information content (AvgIpc) is 3.19. The fourth-order valence-corrected chi connectivity index (χ4v) is 2.75. The van der Waals surface area contributed by atoms with Gasteiger partial charge in [0.25, 0.3) is 5.91 Å². The molecule has 30 heavy (non-hydrogen) atoms. The number of hydrogen-bond donors (Lipinski definition) is 5. The summed E-state index contributed by atoms with van der Waals surface area (Å²) in [4.78, 5) is 20.6. The van der Waals surface area contributed by atoms with Gasteiger partial charge in [-0.05, 0) is 17.7 Å². The molecule has 0 atom stereocenters. The van der Waals surface area contributed by atoms with E-state index in [9.17, 15) is 4.79 Å². The molecule has 11 heteroatoms. The van der Waals surface area contributed by atoms with E-state index in [4.69, 9.17) is 22.1 Å². The molecule has 0 bridgehead atoms. The maximum atomic E-state index is 12.0. The minimum absolute atomic E-state index is 0.00182. The highest BCUT2D eigenvalue weighted by Gasteiger charge is 2.09. The van der Waals surface area contributed by atoms with E-state index in [0.29, 0.717) is 41.1 Å². The summed E-state index contributed by atoms with van der Waals surface area (Å²) in [6.07, 6.45) is 5.95. The number of amides is 1. The van der Waals surface area contributed by atoms with Crippen molar-refractivity contribution in [3.8, 4) is 0 Å². The summed E-state index contributed by atoms with van der Waals surface area (Å²) in [7, 11) is 0. The predicted octanol–water partition coefficient (Wildman–Crippen LogP) is 2.05. The first-order chi connectivity index (χ1) is 14.6. The molecule has 2 heterocycles. The van der Waals surface area contributed by atoms with E-state index in [-0.39, 0.29) is 19.1 Å². The van der Waals surface area contributed by atoms with Gasteiger partial charge in [-0.2, -0.15) is 10.1 Å². The molecule has 1 aromatic carbocycles. The van der Waals surface area contributed by atoms with Crippen molar-refractivity contribution in [3.05, 3.63) is 59.0 Å². The van der Waals surface area contributed by atoms with Crippen molar-refractivity contribution in [2.75, 3.05) is 23.8 Å². The van der Waals surface area contributed by atoms with Crippen LogP contribution in [-0.4, -0.2) is 50.1 Å². The van der Waals surface area contributed by atoms with Crippen LogP contribution in [0.5, 0.6) is 0 Å². The van der Waals surface area contributed by atoms with Crippen LogP contribution >= 0.6 is 11.6 Å². The highest BCUT2D eigenvalue weighted by Crippen LogP contribution is 2.22. The number of aliphatic hydroxyl groups excluding tert-OH is 1. The Kier molecular flexibility index (Phi) is 7.30. The van der Waals surface area contributed by atoms with Crippen LogP contribution in [0.4, 0.5) is 17.5 Å². The van der Waals surface area contributed by atoms with Crippen LogP contribution in [0.2, 0.25) is 5.02 Å². The van der Waals surface area contributed by atoms with Gasteiger partial charge < -0.3 is 26.5 Å². The lowest BCUT2D eigenvalue weighted by Gasteiger charge is -2.10. The SMILES string of the molecule is N=CCNC(=O)c1cccc(CNc2nc(Nc3cnn(CCO)c3)ncc2Cl)c1. The van der Waals surface area contributed by atoms with Gasteiger partial charge >= 0.3 is 0 Å². The van der Waals surface area contributed by atoms with E-state index in [2.05, 4.69) is 31.0 Å². The second kappa shape index (κ2) is 10.3. The van der Waals surface area contributed by atoms with Gasteiger partial charge in [0.15, 0.2) is 5.82 Å². The molecule has 0 unspecified atom stereocenters. The number of carbonyl (C=O) groups is 1. The number of hydrogen-bond acceptors (Lipinski definition) is 8. The number of nitrogens with one attached hydrogen (secondary N) is 4. The molecule has 0 radical (unpaired) electrons. The van der Waals surface area contributed by atoms with E-state index in [0.717, 1.165) is 11.8 Å². The van der Waals surface area contributed by atoms with Crippen molar-refractivity contribution in [1.82, 2.24) is 25.1 Å². The van der Waals surface area contributed by atoms with Gasteiger partial charge in [-0.3, -0.25) is 9.48 Å². The third-order valence-corrected chi connectivity index (χ3v) is 4.25. The van der Waals surface area contributed by atoms with Gasteiger partial charge in [0, 0.05) is 24.5 Å². The van der Waals surface area contributed by atoms with E-state index < -0.39 is 0 Å². The lowest BCUT2D eigenvalue weighted by Crippen LogP contribution is -2.25. The minimum Gasteiger partial charge on any atom is -0.394 e. The van der Waals surface area contributed by atoms with Crippen molar-refractivity contribution in [2.45, 2.75) is 13.1 Å². The first kappa shape index (κ1) is 21.2. The second-order valence-corrected chi connectivity index (χ2v) is 6.61. The van der Waals surface area contributed by atoms with Crippen molar-refractivity contribution in [3.63, 3.8) is 0 Å². The van der Waals surface area contributed by atoms with Crippen LogP contribution in [0.1, 0.15) is 15.9 Å². The number of benzene rings is 1. The first-order valence-corrected chi connectivity index (χ1v) is 9.49. The van der Waals surface area contributed by atoms with Gasteiger partial charge in [-0.1, -0.05) is 23.7 Å². The molecule has 0 spiro atoms. The van der Waals surface area contributed by atoms with Gasteiger partial charge in [-0.15, -0.1) is 0 Å². The van der Waals surface area contributed by atoms with Crippen LogP contribution in [0.3, 0.4) is 0 Å². The zero-order chi connectivity index (χ0) is 21.3. The normalized spacial score (nSPS) is 10.5. The molecule has 0 saturated heterocycles. The molecule has 3 aromatic rings. The van der Waals surface area contributed by atoms with Gasteiger partial charge in [0.1, 0.15) is 5.02 Å². The fourth-order valence-electron chi connectivity index (χ4n) is 2.59.